The predicted octanol–water partition coefficient (Wildman–Crippen LogP) is 4.24. The van der Waals surface area contributed by atoms with Gasteiger partial charge in [-0.2, -0.15) is 0 Å². The van der Waals surface area contributed by atoms with E-state index < -0.39 is 0 Å². The first-order valence-corrected chi connectivity index (χ1v) is 8.50. The molecular weight excluding hydrogens is 298 g/mol. The molecule has 1 aromatic heterocycles. The van der Waals surface area contributed by atoms with Gasteiger partial charge in [0.25, 0.3) is 0 Å². The van der Waals surface area contributed by atoms with Crippen molar-refractivity contribution >= 4 is 16.7 Å². The molecule has 0 saturated carbocycles. The molecule has 4 rings (SSSR count). The SMILES string of the molecule is CC1CCN(c2nccc(-c3ccc4cc(O)ccc4c3)n2)CC1. The number of aromatic nitrogens is 2. The van der Waals surface area contributed by atoms with E-state index in [0.29, 0.717) is 5.75 Å². The highest BCUT2D eigenvalue weighted by atomic mass is 16.3. The molecule has 0 radical (unpaired) electrons. The smallest absolute Gasteiger partial charge is 0.225 e. The lowest BCUT2D eigenvalue weighted by Crippen LogP contribution is -2.34. The van der Waals surface area contributed by atoms with Gasteiger partial charge in [-0.05, 0) is 53.8 Å². The number of benzene rings is 2. The number of rotatable bonds is 2. The van der Waals surface area contributed by atoms with E-state index in [1.807, 2.05) is 30.5 Å². The van der Waals surface area contributed by atoms with Gasteiger partial charge in [0, 0.05) is 24.8 Å². The Balaban J connectivity index is 1.67. The Labute approximate surface area is 141 Å². The minimum atomic E-state index is 0.291. The van der Waals surface area contributed by atoms with E-state index in [2.05, 4.69) is 22.9 Å². The molecule has 0 unspecified atom stereocenters. The van der Waals surface area contributed by atoms with Gasteiger partial charge in [0.2, 0.25) is 5.95 Å². The highest BCUT2D eigenvalue weighted by Crippen LogP contribution is 2.27. The number of nitrogens with zero attached hydrogens (tertiary/aromatic N) is 3. The molecule has 0 amide bonds. The average Bonchev–Trinajstić information content (AvgIpc) is 2.62. The summed E-state index contributed by atoms with van der Waals surface area (Å²) in [6, 6.07) is 13.6. The van der Waals surface area contributed by atoms with Crippen LogP contribution in [0.15, 0.2) is 48.7 Å². The Bertz CT molecular complexity index is 870. The molecule has 2 heterocycles. The molecule has 0 atom stereocenters. The zero-order valence-corrected chi connectivity index (χ0v) is 13.8. The van der Waals surface area contributed by atoms with Crippen LogP contribution in [0.4, 0.5) is 5.95 Å². The van der Waals surface area contributed by atoms with E-state index >= 15 is 0 Å². The maximum atomic E-state index is 9.59. The number of piperidine rings is 1. The van der Waals surface area contributed by atoms with Crippen molar-refractivity contribution in [1.29, 1.82) is 0 Å². The Morgan fingerprint density at radius 3 is 2.58 bits per heavy atom. The second kappa shape index (κ2) is 6.11. The minimum absolute atomic E-state index is 0.291. The molecule has 1 N–H and O–H groups in total. The number of hydrogen-bond acceptors (Lipinski definition) is 4. The normalized spacial score (nSPS) is 15.8. The summed E-state index contributed by atoms with van der Waals surface area (Å²) < 4.78 is 0. The number of fused-ring (bicyclic) bond motifs is 1. The van der Waals surface area contributed by atoms with Gasteiger partial charge in [-0.25, -0.2) is 9.97 Å². The quantitative estimate of drug-likeness (QED) is 0.767. The fourth-order valence-corrected chi connectivity index (χ4v) is 3.26. The van der Waals surface area contributed by atoms with Crippen LogP contribution in [0, 0.1) is 5.92 Å². The van der Waals surface area contributed by atoms with Crippen molar-refractivity contribution in [1.82, 2.24) is 9.97 Å². The van der Waals surface area contributed by atoms with Crippen molar-refractivity contribution in [2.24, 2.45) is 5.92 Å². The van der Waals surface area contributed by atoms with Crippen LogP contribution in [0.25, 0.3) is 22.0 Å². The van der Waals surface area contributed by atoms with Crippen molar-refractivity contribution in [2.75, 3.05) is 18.0 Å². The number of hydrogen-bond donors (Lipinski definition) is 1. The molecule has 2 aromatic carbocycles. The van der Waals surface area contributed by atoms with Gasteiger partial charge < -0.3 is 10.0 Å². The first-order chi connectivity index (χ1) is 11.7. The van der Waals surface area contributed by atoms with Crippen molar-refractivity contribution in [3.63, 3.8) is 0 Å². The topological polar surface area (TPSA) is 49.2 Å². The lowest BCUT2D eigenvalue weighted by atomic mass is 10.00. The van der Waals surface area contributed by atoms with Gasteiger partial charge in [-0.15, -0.1) is 0 Å². The lowest BCUT2D eigenvalue weighted by molar-refractivity contribution is 0.434. The Morgan fingerprint density at radius 2 is 1.75 bits per heavy atom. The molecule has 24 heavy (non-hydrogen) atoms. The van der Waals surface area contributed by atoms with Crippen LogP contribution in [-0.4, -0.2) is 28.2 Å². The highest BCUT2D eigenvalue weighted by molar-refractivity contribution is 5.87. The zero-order chi connectivity index (χ0) is 16.5. The molecule has 1 fully saturated rings. The summed E-state index contributed by atoms with van der Waals surface area (Å²) in [5.41, 5.74) is 2.01. The zero-order valence-electron chi connectivity index (χ0n) is 13.8. The largest absolute Gasteiger partial charge is 0.508 e. The van der Waals surface area contributed by atoms with E-state index in [1.54, 1.807) is 12.1 Å². The van der Waals surface area contributed by atoms with E-state index in [-0.39, 0.29) is 0 Å². The van der Waals surface area contributed by atoms with E-state index in [0.717, 1.165) is 47.0 Å². The summed E-state index contributed by atoms with van der Waals surface area (Å²) in [6.07, 6.45) is 4.25. The summed E-state index contributed by atoms with van der Waals surface area (Å²) in [5.74, 6) is 1.91. The molecule has 122 valence electrons. The van der Waals surface area contributed by atoms with Crippen LogP contribution in [0.1, 0.15) is 19.8 Å². The number of anilines is 1. The van der Waals surface area contributed by atoms with Crippen molar-refractivity contribution in [3.05, 3.63) is 48.7 Å². The maximum absolute atomic E-state index is 9.59. The van der Waals surface area contributed by atoms with E-state index in [1.165, 1.54) is 12.8 Å². The fourth-order valence-electron chi connectivity index (χ4n) is 3.26. The molecular formula is C20H21N3O. The Hall–Kier alpha value is -2.62. The molecule has 4 heteroatoms. The average molecular weight is 319 g/mol. The van der Waals surface area contributed by atoms with Gasteiger partial charge in [0.05, 0.1) is 5.69 Å². The monoisotopic (exact) mass is 319 g/mol. The summed E-state index contributed by atoms with van der Waals surface area (Å²) in [7, 11) is 0. The molecule has 1 aliphatic heterocycles. The van der Waals surface area contributed by atoms with E-state index in [9.17, 15) is 5.11 Å². The van der Waals surface area contributed by atoms with Gasteiger partial charge in [0.15, 0.2) is 0 Å². The molecule has 0 bridgehead atoms. The van der Waals surface area contributed by atoms with Gasteiger partial charge in [-0.3, -0.25) is 0 Å². The minimum Gasteiger partial charge on any atom is -0.508 e. The third-order valence-electron chi connectivity index (χ3n) is 4.83. The maximum Gasteiger partial charge on any atom is 0.225 e. The molecule has 0 aliphatic carbocycles. The molecule has 0 spiro atoms. The highest BCUT2D eigenvalue weighted by Gasteiger charge is 2.18. The predicted molar refractivity (Wildman–Crippen MR) is 97.2 cm³/mol. The van der Waals surface area contributed by atoms with Crippen LogP contribution in [0.5, 0.6) is 5.75 Å². The standard InChI is InChI=1S/C20H21N3O/c1-14-7-10-23(11-8-14)20-21-9-6-19(22-20)17-3-2-16-13-18(24)5-4-15(16)12-17/h2-6,9,12-14,24H,7-8,10-11H2,1H3. The molecule has 3 aromatic rings. The van der Waals surface area contributed by atoms with Crippen molar-refractivity contribution in [3.8, 4) is 17.0 Å². The number of aromatic hydroxyl groups is 1. The fraction of sp³-hybridized carbons (Fsp3) is 0.300. The third kappa shape index (κ3) is 2.92. The number of phenolic OH excluding ortho intramolecular Hbond substituents is 1. The van der Waals surface area contributed by atoms with Crippen LogP contribution >= 0.6 is 0 Å². The Kier molecular flexibility index (Phi) is 3.81. The first-order valence-electron chi connectivity index (χ1n) is 8.50. The molecule has 4 nitrogen and oxygen atoms in total. The summed E-state index contributed by atoms with van der Waals surface area (Å²) in [6.45, 7) is 4.37. The van der Waals surface area contributed by atoms with Crippen molar-refractivity contribution < 1.29 is 5.11 Å². The Morgan fingerprint density at radius 1 is 1.00 bits per heavy atom. The van der Waals surface area contributed by atoms with E-state index in [4.69, 9.17) is 4.98 Å². The van der Waals surface area contributed by atoms with Crippen molar-refractivity contribution in [2.45, 2.75) is 19.8 Å². The van der Waals surface area contributed by atoms with Gasteiger partial charge >= 0.3 is 0 Å². The van der Waals surface area contributed by atoms with Crippen LogP contribution in [-0.2, 0) is 0 Å². The van der Waals surface area contributed by atoms with Crippen LogP contribution < -0.4 is 4.90 Å². The second-order valence-electron chi connectivity index (χ2n) is 6.66. The first kappa shape index (κ1) is 14.9. The molecule has 1 aliphatic rings. The summed E-state index contributed by atoms with van der Waals surface area (Å²) >= 11 is 0. The summed E-state index contributed by atoms with van der Waals surface area (Å²) in [4.78, 5) is 11.5. The van der Waals surface area contributed by atoms with Crippen LogP contribution in [0.2, 0.25) is 0 Å². The molecule has 1 saturated heterocycles. The van der Waals surface area contributed by atoms with Gasteiger partial charge in [0.1, 0.15) is 5.75 Å². The number of phenols is 1. The summed E-state index contributed by atoms with van der Waals surface area (Å²) in [5, 5.41) is 11.7. The second-order valence-corrected chi connectivity index (χ2v) is 6.66. The van der Waals surface area contributed by atoms with Crippen LogP contribution in [0.3, 0.4) is 0 Å². The lowest BCUT2D eigenvalue weighted by Gasteiger charge is -2.30. The van der Waals surface area contributed by atoms with Gasteiger partial charge in [-0.1, -0.05) is 25.1 Å². The third-order valence-corrected chi connectivity index (χ3v) is 4.83.